The van der Waals surface area contributed by atoms with Gasteiger partial charge < -0.3 is 64.2 Å². The van der Waals surface area contributed by atoms with Gasteiger partial charge in [-0.3, -0.25) is 4.79 Å². The van der Waals surface area contributed by atoms with E-state index in [2.05, 4.69) is 38.2 Å². The van der Waals surface area contributed by atoms with Gasteiger partial charge in [0.25, 0.3) is 0 Å². The van der Waals surface area contributed by atoms with Crippen LogP contribution in [0.5, 0.6) is 0 Å². The van der Waals surface area contributed by atoms with Gasteiger partial charge >= 0.3 is 5.97 Å². The lowest BCUT2D eigenvalue weighted by Gasteiger charge is -2.42. The van der Waals surface area contributed by atoms with Crippen molar-refractivity contribution in [3.05, 3.63) is 24.3 Å². The molecule has 2 saturated heterocycles. The molecule has 0 radical (unpaired) electrons. The van der Waals surface area contributed by atoms with Crippen molar-refractivity contribution in [1.29, 1.82) is 0 Å². The van der Waals surface area contributed by atoms with Crippen molar-refractivity contribution in [2.24, 2.45) is 0 Å². The molecular weight excluding hydrogens is 776 g/mol. The zero-order valence-corrected chi connectivity index (χ0v) is 36.9. The number of hydrogen-bond donors (Lipinski definition) is 7. The van der Waals surface area contributed by atoms with Gasteiger partial charge in [0.1, 0.15) is 54.9 Å². The molecular formula is C46H84O14. The predicted octanol–water partition coefficient (Wildman–Crippen LogP) is 5.68. The Morgan fingerprint density at radius 2 is 1.03 bits per heavy atom. The molecule has 2 fully saturated rings. The van der Waals surface area contributed by atoms with Crippen LogP contribution >= 0.6 is 0 Å². The molecule has 0 aromatic carbocycles. The summed E-state index contributed by atoms with van der Waals surface area (Å²) in [6.07, 6.45) is 18.1. The molecule has 14 nitrogen and oxygen atoms in total. The topological polar surface area (TPSA) is 214 Å². The molecule has 0 amide bonds. The highest BCUT2D eigenvalue weighted by atomic mass is 16.7. The monoisotopic (exact) mass is 861 g/mol. The van der Waals surface area contributed by atoms with Crippen molar-refractivity contribution >= 4 is 5.97 Å². The lowest BCUT2D eigenvalue weighted by atomic mass is 9.98. The van der Waals surface area contributed by atoms with Crippen LogP contribution in [0.2, 0.25) is 0 Å². The minimum Gasteiger partial charge on any atom is -0.457 e. The number of unbranched alkanes of at least 4 members (excludes halogenated alkanes) is 18. The molecule has 2 rings (SSSR count). The van der Waals surface area contributed by atoms with E-state index in [4.69, 9.17) is 28.4 Å². The lowest BCUT2D eigenvalue weighted by molar-refractivity contribution is -0.332. The average Bonchev–Trinajstić information content (AvgIpc) is 3.24. The Morgan fingerprint density at radius 3 is 1.63 bits per heavy atom. The van der Waals surface area contributed by atoms with Crippen LogP contribution < -0.4 is 0 Å². The van der Waals surface area contributed by atoms with Crippen LogP contribution in [0.25, 0.3) is 0 Å². The highest BCUT2D eigenvalue weighted by molar-refractivity contribution is 5.69. The number of allylic oxidation sites excluding steroid dienone is 4. The van der Waals surface area contributed by atoms with Crippen molar-refractivity contribution in [2.75, 3.05) is 33.0 Å². The molecule has 0 saturated carbocycles. The fourth-order valence-electron chi connectivity index (χ4n) is 7.31. The molecule has 0 aliphatic carbocycles. The molecule has 0 spiro atoms. The maximum Gasteiger partial charge on any atom is 0.306 e. The second kappa shape index (κ2) is 34.9. The predicted molar refractivity (Wildman–Crippen MR) is 229 cm³/mol. The molecule has 7 N–H and O–H groups in total. The maximum absolute atomic E-state index is 12.9. The van der Waals surface area contributed by atoms with Crippen molar-refractivity contribution in [3.8, 4) is 0 Å². The first-order chi connectivity index (χ1) is 29.1. The van der Waals surface area contributed by atoms with Gasteiger partial charge in [-0.2, -0.15) is 0 Å². The van der Waals surface area contributed by atoms with E-state index in [1.54, 1.807) is 0 Å². The third kappa shape index (κ3) is 23.2. The van der Waals surface area contributed by atoms with Gasteiger partial charge in [-0.15, -0.1) is 0 Å². The number of carbonyl (C=O) groups excluding carboxylic acids is 1. The van der Waals surface area contributed by atoms with Crippen molar-refractivity contribution in [3.63, 3.8) is 0 Å². The van der Waals surface area contributed by atoms with Crippen LogP contribution in [0, 0.1) is 0 Å². The summed E-state index contributed by atoms with van der Waals surface area (Å²) < 4.78 is 34.1. The Bertz CT molecular complexity index is 1090. The van der Waals surface area contributed by atoms with Crippen LogP contribution in [0.1, 0.15) is 162 Å². The van der Waals surface area contributed by atoms with Crippen LogP contribution in [0.4, 0.5) is 0 Å². The molecule has 0 aromatic heterocycles. The molecule has 0 aromatic rings. The van der Waals surface area contributed by atoms with E-state index in [9.17, 15) is 40.5 Å². The standard InChI is InChI=1S/C46H84O14/c1-3-5-7-9-11-13-15-16-17-18-19-21-23-25-27-29-38(48)58-35(32-55-30-28-26-24-22-20-14-12-10-8-6-4-2)33-56-45-44(54)42(52)40(50)37(60-45)34-57-46-43(53)41(51)39(49)36(31-47)59-46/h11,13,16-17,35-37,39-47,49-54H,3-10,12,14-15,18-34H2,1-2H3/b13-11-,17-16-. The van der Waals surface area contributed by atoms with Crippen LogP contribution in [0.15, 0.2) is 24.3 Å². The van der Waals surface area contributed by atoms with Gasteiger partial charge in [-0.25, -0.2) is 0 Å². The van der Waals surface area contributed by atoms with Gasteiger partial charge in [-0.05, 0) is 44.9 Å². The van der Waals surface area contributed by atoms with Gasteiger partial charge in [-0.1, -0.05) is 134 Å². The second-order valence-corrected chi connectivity index (χ2v) is 16.6. The van der Waals surface area contributed by atoms with E-state index in [0.717, 1.165) is 64.2 Å². The van der Waals surface area contributed by atoms with Crippen molar-refractivity contribution < 1.29 is 69.0 Å². The summed E-state index contributed by atoms with van der Waals surface area (Å²) >= 11 is 0. The third-order valence-corrected chi connectivity index (χ3v) is 11.2. The molecule has 0 bridgehead atoms. The summed E-state index contributed by atoms with van der Waals surface area (Å²) in [5, 5.41) is 71.9. The normalized spacial score (nSPS) is 27.9. The Balaban J connectivity index is 1.81. The number of hydrogen-bond acceptors (Lipinski definition) is 14. The van der Waals surface area contributed by atoms with Crippen molar-refractivity contribution in [1.82, 2.24) is 0 Å². The number of rotatable bonds is 36. The summed E-state index contributed by atoms with van der Waals surface area (Å²) in [5.74, 6) is -0.390. The molecule has 11 atom stereocenters. The average molecular weight is 861 g/mol. The minimum absolute atomic E-state index is 0.0588. The summed E-state index contributed by atoms with van der Waals surface area (Å²) in [5.41, 5.74) is 0. The minimum atomic E-state index is -1.70. The molecule has 2 aliphatic rings. The molecule has 352 valence electrons. The summed E-state index contributed by atoms with van der Waals surface area (Å²) in [7, 11) is 0. The van der Waals surface area contributed by atoms with Crippen LogP contribution in [0.3, 0.4) is 0 Å². The quantitative estimate of drug-likeness (QED) is 0.0230. The highest BCUT2D eigenvalue weighted by Crippen LogP contribution is 2.26. The van der Waals surface area contributed by atoms with E-state index in [0.29, 0.717) is 13.0 Å². The summed E-state index contributed by atoms with van der Waals surface area (Å²) in [6, 6.07) is 0. The first kappa shape index (κ1) is 54.6. The SMILES string of the molecule is CCCCC/C=C\C/C=C\CCCCCCCC(=O)OC(COCCCCCCCCCCCCC)COC1OC(COC2OC(CO)C(O)C(O)C2O)C(O)C(O)C1O. The second-order valence-electron chi connectivity index (χ2n) is 16.6. The Hall–Kier alpha value is -1.53. The Labute approximate surface area is 360 Å². The van der Waals surface area contributed by atoms with E-state index in [-0.39, 0.29) is 25.6 Å². The van der Waals surface area contributed by atoms with Crippen molar-refractivity contribution in [2.45, 2.75) is 229 Å². The molecule has 60 heavy (non-hydrogen) atoms. The van der Waals surface area contributed by atoms with Gasteiger partial charge in [0.15, 0.2) is 12.6 Å². The lowest BCUT2D eigenvalue weighted by Crippen LogP contribution is -2.61. The van der Waals surface area contributed by atoms with Gasteiger partial charge in [0.2, 0.25) is 0 Å². The number of esters is 1. The zero-order valence-electron chi connectivity index (χ0n) is 36.9. The molecule has 11 unspecified atom stereocenters. The fraction of sp³-hybridized carbons (Fsp3) is 0.891. The maximum atomic E-state index is 12.9. The van der Waals surface area contributed by atoms with E-state index in [1.807, 2.05) is 0 Å². The number of carbonyl (C=O) groups is 1. The third-order valence-electron chi connectivity index (χ3n) is 11.2. The number of aliphatic hydroxyl groups is 7. The fourth-order valence-corrected chi connectivity index (χ4v) is 7.31. The van der Waals surface area contributed by atoms with Gasteiger partial charge in [0, 0.05) is 13.0 Å². The first-order valence-electron chi connectivity index (χ1n) is 23.4. The number of aliphatic hydroxyl groups excluding tert-OH is 7. The summed E-state index contributed by atoms with van der Waals surface area (Å²) in [6.45, 7) is 3.63. The molecule has 2 aliphatic heterocycles. The van der Waals surface area contributed by atoms with Crippen LogP contribution in [-0.2, 0) is 33.2 Å². The molecule has 2 heterocycles. The van der Waals surface area contributed by atoms with E-state index in [1.165, 1.54) is 70.6 Å². The Kier molecular flexibility index (Phi) is 31.8. The summed E-state index contributed by atoms with van der Waals surface area (Å²) in [4.78, 5) is 12.9. The first-order valence-corrected chi connectivity index (χ1v) is 23.4. The smallest absolute Gasteiger partial charge is 0.306 e. The van der Waals surface area contributed by atoms with Crippen LogP contribution in [-0.4, -0.2) is 142 Å². The largest absolute Gasteiger partial charge is 0.457 e. The van der Waals surface area contributed by atoms with E-state index < -0.39 is 80.7 Å². The van der Waals surface area contributed by atoms with E-state index >= 15 is 0 Å². The van der Waals surface area contributed by atoms with Gasteiger partial charge in [0.05, 0.1) is 26.4 Å². The highest BCUT2D eigenvalue weighted by Gasteiger charge is 2.47. The molecule has 14 heteroatoms. The Morgan fingerprint density at radius 1 is 0.550 bits per heavy atom. The zero-order chi connectivity index (χ0) is 43.8. The number of ether oxygens (including phenoxy) is 6.